The van der Waals surface area contributed by atoms with Gasteiger partial charge in [-0.15, -0.1) is 0 Å². The lowest BCUT2D eigenvalue weighted by atomic mass is 10.7. The molecule has 0 saturated heterocycles. The molecular weight excluding hydrogens is 118 g/mol. The summed E-state index contributed by atoms with van der Waals surface area (Å²) in [5.74, 6) is 0.440. The molecule has 0 saturated carbocycles. The Morgan fingerprint density at radius 2 is 2.44 bits per heavy atom. The van der Waals surface area contributed by atoms with Crippen molar-refractivity contribution in [1.82, 2.24) is 9.78 Å². The fraction of sp³-hybridized carbons (Fsp3) is 0. The van der Waals surface area contributed by atoms with Gasteiger partial charge in [0.15, 0.2) is 5.82 Å². The fourth-order valence-corrected chi connectivity index (χ4v) is 0.740. The van der Waals surface area contributed by atoms with Crippen molar-refractivity contribution < 1.29 is 4.79 Å². The molecule has 0 amide bonds. The number of carbonyl (C=O) groups is 1. The molecular formula is C5H3N3O. The largest absolute Gasteiger partial charge is 0.291 e. The molecule has 0 unspecified atom stereocenters. The molecule has 1 aliphatic rings. The van der Waals surface area contributed by atoms with Crippen molar-refractivity contribution in [3.8, 4) is 0 Å². The topological polar surface area (TPSA) is 47.2 Å². The average Bonchev–Trinajstić information content (AvgIpc) is 2.35. The zero-order chi connectivity index (χ0) is 6.27. The first-order chi connectivity index (χ1) is 4.38. The van der Waals surface area contributed by atoms with Crippen LogP contribution in [0.1, 0.15) is 4.79 Å². The number of hydrogen-bond acceptors (Lipinski definition) is 3. The van der Waals surface area contributed by atoms with Crippen LogP contribution in [0.2, 0.25) is 0 Å². The van der Waals surface area contributed by atoms with Crippen molar-refractivity contribution in [1.29, 1.82) is 0 Å². The Kier molecular flexibility index (Phi) is 0.631. The fourth-order valence-electron chi connectivity index (χ4n) is 0.740. The normalized spacial score (nSPS) is 14.4. The van der Waals surface area contributed by atoms with E-state index in [1.807, 2.05) is 0 Å². The summed E-state index contributed by atoms with van der Waals surface area (Å²) in [4.78, 5) is 14.4. The number of nitrogens with zero attached hydrogens (tertiary/aromatic N) is 3. The maximum absolute atomic E-state index is 10.7. The standard InChI is InChI=1S/C5H3N3O/c9-5-3-6-4-1-2-7-8(4)5/h1-3H. The minimum absolute atomic E-state index is 0.171. The molecule has 1 aromatic heterocycles. The molecule has 9 heavy (non-hydrogen) atoms. The molecule has 0 aromatic carbocycles. The van der Waals surface area contributed by atoms with Gasteiger partial charge in [0.25, 0.3) is 5.91 Å². The van der Waals surface area contributed by atoms with Crippen LogP contribution in [0.4, 0.5) is 5.82 Å². The third kappa shape index (κ3) is 0.440. The van der Waals surface area contributed by atoms with Gasteiger partial charge in [0.1, 0.15) is 0 Å². The minimum Gasteiger partial charge on any atom is -0.266 e. The number of aromatic nitrogens is 2. The second kappa shape index (κ2) is 1.28. The maximum atomic E-state index is 10.7. The van der Waals surface area contributed by atoms with Crippen LogP contribution in [0, 0.1) is 0 Å². The first-order valence-electron chi connectivity index (χ1n) is 2.50. The second-order valence-corrected chi connectivity index (χ2v) is 1.70. The molecule has 0 bridgehead atoms. The molecule has 4 heteroatoms. The molecule has 0 N–H and O–H groups in total. The summed E-state index contributed by atoms with van der Waals surface area (Å²) in [6.07, 6.45) is 2.80. The Morgan fingerprint density at radius 3 is 3.22 bits per heavy atom. The van der Waals surface area contributed by atoms with E-state index in [1.54, 1.807) is 12.3 Å². The highest BCUT2D eigenvalue weighted by atomic mass is 16.2. The Morgan fingerprint density at radius 1 is 1.56 bits per heavy atom. The molecule has 1 aromatic rings. The van der Waals surface area contributed by atoms with Crippen molar-refractivity contribution in [2.24, 2.45) is 4.99 Å². The number of carbonyl (C=O) groups excluding carboxylic acids is 1. The number of hydrogen-bond donors (Lipinski definition) is 0. The van der Waals surface area contributed by atoms with Crippen LogP contribution in [0.25, 0.3) is 0 Å². The van der Waals surface area contributed by atoms with Gasteiger partial charge in [0, 0.05) is 6.07 Å². The lowest BCUT2D eigenvalue weighted by molar-refractivity contribution is 0.0989. The van der Waals surface area contributed by atoms with Gasteiger partial charge in [-0.3, -0.25) is 4.79 Å². The van der Waals surface area contributed by atoms with Gasteiger partial charge in [-0.2, -0.15) is 9.78 Å². The molecule has 0 fully saturated rings. The third-order valence-corrected chi connectivity index (χ3v) is 1.14. The van der Waals surface area contributed by atoms with Crippen molar-refractivity contribution in [3.63, 3.8) is 0 Å². The minimum atomic E-state index is -0.171. The van der Waals surface area contributed by atoms with E-state index < -0.39 is 0 Å². The van der Waals surface area contributed by atoms with E-state index in [1.165, 1.54) is 10.9 Å². The highest BCUT2D eigenvalue weighted by Crippen LogP contribution is 2.13. The summed E-state index contributed by atoms with van der Waals surface area (Å²) < 4.78 is 1.25. The Balaban J connectivity index is 2.73. The van der Waals surface area contributed by atoms with Gasteiger partial charge in [-0.05, 0) is 0 Å². The summed E-state index contributed by atoms with van der Waals surface area (Å²) in [6.45, 7) is 0. The smallest absolute Gasteiger partial charge is 0.266 e. The monoisotopic (exact) mass is 121 g/mol. The molecule has 44 valence electrons. The van der Waals surface area contributed by atoms with Gasteiger partial charge in [-0.1, -0.05) is 0 Å². The highest BCUT2D eigenvalue weighted by molar-refractivity contribution is 6.30. The van der Waals surface area contributed by atoms with Crippen LogP contribution in [0.3, 0.4) is 0 Å². The van der Waals surface area contributed by atoms with Crippen LogP contribution in [0.5, 0.6) is 0 Å². The van der Waals surface area contributed by atoms with E-state index in [0.29, 0.717) is 5.82 Å². The quantitative estimate of drug-likeness (QED) is 0.493. The lowest BCUT2D eigenvalue weighted by Gasteiger charge is -1.84. The first-order valence-corrected chi connectivity index (χ1v) is 2.50. The molecule has 0 radical (unpaired) electrons. The number of aliphatic imine (C=N–C) groups is 1. The van der Waals surface area contributed by atoms with Gasteiger partial charge in [-0.25, -0.2) is 4.99 Å². The van der Waals surface area contributed by atoms with Crippen molar-refractivity contribution in [2.75, 3.05) is 0 Å². The maximum Gasteiger partial charge on any atom is 0.291 e. The molecule has 0 spiro atoms. The molecule has 2 rings (SSSR count). The van der Waals surface area contributed by atoms with Crippen LogP contribution in [-0.2, 0) is 0 Å². The Bertz CT molecular complexity index is 286. The van der Waals surface area contributed by atoms with Crippen LogP contribution in [0.15, 0.2) is 17.3 Å². The van der Waals surface area contributed by atoms with Crippen LogP contribution < -0.4 is 0 Å². The molecule has 2 heterocycles. The van der Waals surface area contributed by atoms with Crippen LogP contribution >= 0.6 is 0 Å². The Labute approximate surface area is 50.8 Å². The van der Waals surface area contributed by atoms with E-state index in [0.717, 1.165) is 0 Å². The predicted octanol–water partition coefficient (Wildman–Crippen LogP) is 0.239. The van der Waals surface area contributed by atoms with Crippen molar-refractivity contribution in [3.05, 3.63) is 12.3 Å². The van der Waals surface area contributed by atoms with E-state index >= 15 is 0 Å². The average molecular weight is 121 g/mol. The summed E-state index contributed by atoms with van der Waals surface area (Å²) in [6, 6.07) is 1.68. The van der Waals surface area contributed by atoms with Crippen LogP contribution in [-0.4, -0.2) is 21.9 Å². The molecule has 0 aliphatic carbocycles. The first kappa shape index (κ1) is 4.43. The number of fused-ring (bicyclic) bond motifs is 1. The second-order valence-electron chi connectivity index (χ2n) is 1.70. The lowest BCUT2D eigenvalue weighted by Crippen LogP contribution is -2.06. The molecule has 0 atom stereocenters. The third-order valence-electron chi connectivity index (χ3n) is 1.14. The van der Waals surface area contributed by atoms with Crippen molar-refractivity contribution >= 4 is 17.9 Å². The Hall–Kier alpha value is -1.45. The van der Waals surface area contributed by atoms with Gasteiger partial charge < -0.3 is 0 Å². The van der Waals surface area contributed by atoms with E-state index in [9.17, 15) is 4.79 Å². The molecule has 4 nitrogen and oxygen atoms in total. The number of rotatable bonds is 0. The SMILES string of the molecule is O=C1C=Nc2ccnn21. The van der Waals surface area contributed by atoms with E-state index in [4.69, 9.17) is 0 Å². The highest BCUT2D eigenvalue weighted by Gasteiger charge is 2.12. The van der Waals surface area contributed by atoms with Gasteiger partial charge in [0.2, 0.25) is 0 Å². The zero-order valence-corrected chi connectivity index (χ0v) is 4.48. The summed E-state index contributed by atoms with van der Waals surface area (Å²) in [5.41, 5.74) is 0. The van der Waals surface area contributed by atoms with Gasteiger partial charge >= 0.3 is 0 Å². The van der Waals surface area contributed by atoms with Gasteiger partial charge in [0.05, 0.1) is 12.4 Å². The predicted molar refractivity (Wildman–Crippen MR) is 31.0 cm³/mol. The zero-order valence-electron chi connectivity index (χ0n) is 4.48. The molecule has 1 aliphatic heterocycles. The van der Waals surface area contributed by atoms with Crippen molar-refractivity contribution in [2.45, 2.75) is 0 Å². The summed E-state index contributed by atoms with van der Waals surface area (Å²) in [5, 5.41) is 3.72. The summed E-state index contributed by atoms with van der Waals surface area (Å²) >= 11 is 0. The van der Waals surface area contributed by atoms with E-state index in [-0.39, 0.29) is 5.91 Å². The summed E-state index contributed by atoms with van der Waals surface area (Å²) in [7, 11) is 0. The van der Waals surface area contributed by atoms with E-state index in [2.05, 4.69) is 10.1 Å².